The van der Waals surface area contributed by atoms with Gasteiger partial charge in [0.05, 0.1) is 22.2 Å². The molecular formula is C15H9Cl2N3O3. The lowest BCUT2D eigenvalue weighted by atomic mass is 10.2. The molecule has 8 heteroatoms. The van der Waals surface area contributed by atoms with Gasteiger partial charge in [-0.2, -0.15) is 5.26 Å². The molecule has 0 aliphatic rings. The van der Waals surface area contributed by atoms with Crippen molar-refractivity contribution in [2.24, 2.45) is 0 Å². The molecule has 0 saturated carbocycles. The molecule has 0 unspecified atom stereocenters. The molecule has 0 atom stereocenters. The molecule has 1 N–H and O–H groups in total. The van der Waals surface area contributed by atoms with E-state index in [4.69, 9.17) is 33.2 Å². The number of aromatic nitrogens is 1. The van der Waals surface area contributed by atoms with Crippen LogP contribution in [0.15, 0.2) is 36.5 Å². The Morgan fingerprint density at radius 1 is 1.26 bits per heavy atom. The van der Waals surface area contributed by atoms with Gasteiger partial charge in [-0.15, -0.1) is 0 Å². The maximum Gasteiger partial charge on any atom is 0.340 e. The van der Waals surface area contributed by atoms with Crippen LogP contribution in [0.4, 0.5) is 5.69 Å². The Hall–Kier alpha value is -2.62. The van der Waals surface area contributed by atoms with Gasteiger partial charge in [-0.1, -0.05) is 23.2 Å². The molecule has 0 saturated heterocycles. The predicted octanol–water partition coefficient (Wildman–Crippen LogP) is 3.06. The fraction of sp³-hybridized carbons (Fsp3) is 0.0667. The highest BCUT2D eigenvalue weighted by molar-refractivity contribution is 6.41. The van der Waals surface area contributed by atoms with Gasteiger partial charge < -0.3 is 10.1 Å². The number of ether oxygens (including phenoxy) is 1. The number of amides is 1. The quantitative estimate of drug-likeness (QED) is 0.676. The van der Waals surface area contributed by atoms with Crippen LogP contribution < -0.4 is 5.32 Å². The van der Waals surface area contributed by atoms with Crippen LogP contribution in [0.3, 0.4) is 0 Å². The molecule has 0 aliphatic heterocycles. The zero-order valence-electron chi connectivity index (χ0n) is 11.5. The van der Waals surface area contributed by atoms with E-state index in [1.807, 2.05) is 6.07 Å². The average Bonchev–Trinajstić information content (AvgIpc) is 2.56. The fourth-order valence-electron chi connectivity index (χ4n) is 1.57. The monoisotopic (exact) mass is 349 g/mol. The number of pyridine rings is 1. The Morgan fingerprint density at radius 2 is 1.96 bits per heavy atom. The summed E-state index contributed by atoms with van der Waals surface area (Å²) in [6.45, 7) is -0.473. The van der Waals surface area contributed by atoms with Gasteiger partial charge >= 0.3 is 5.97 Å². The Bertz CT molecular complexity index is 786. The van der Waals surface area contributed by atoms with Crippen molar-refractivity contribution in [1.29, 1.82) is 5.26 Å². The molecule has 0 fully saturated rings. The summed E-state index contributed by atoms with van der Waals surface area (Å²) in [6.07, 6.45) is 1.20. The lowest BCUT2D eigenvalue weighted by Gasteiger charge is -2.07. The summed E-state index contributed by atoms with van der Waals surface area (Å²) in [7, 11) is 0. The van der Waals surface area contributed by atoms with Crippen LogP contribution in [0.25, 0.3) is 0 Å². The fourth-order valence-corrected chi connectivity index (χ4v) is 1.84. The third kappa shape index (κ3) is 4.68. The first-order chi connectivity index (χ1) is 11.0. The van der Waals surface area contributed by atoms with E-state index in [0.29, 0.717) is 11.3 Å². The van der Waals surface area contributed by atoms with Gasteiger partial charge in [0.25, 0.3) is 5.91 Å². The van der Waals surface area contributed by atoms with Gasteiger partial charge in [-0.3, -0.25) is 4.79 Å². The van der Waals surface area contributed by atoms with E-state index < -0.39 is 18.5 Å². The summed E-state index contributed by atoms with van der Waals surface area (Å²) in [5, 5.41) is 11.4. The van der Waals surface area contributed by atoms with Gasteiger partial charge in [0.2, 0.25) is 0 Å². The summed E-state index contributed by atoms with van der Waals surface area (Å²) in [5.74, 6) is -1.26. The number of nitrogens with one attached hydrogen (secondary N) is 1. The number of rotatable bonds is 4. The van der Waals surface area contributed by atoms with Gasteiger partial charge in [0.1, 0.15) is 5.15 Å². The van der Waals surface area contributed by atoms with Crippen molar-refractivity contribution in [3.05, 3.63) is 57.8 Å². The van der Waals surface area contributed by atoms with E-state index in [-0.39, 0.29) is 15.7 Å². The molecule has 0 radical (unpaired) electrons. The maximum atomic E-state index is 11.8. The number of hydrogen-bond acceptors (Lipinski definition) is 5. The Labute approximate surface area is 141 Å². The molecular weight excluding hydrogens is 341 g/mol. The van der Waals surface area contributed by atoms with E-state index >= 15 is 0 Å². The third-order valence-electron chi connectivity index (χ3n) is 2.66. The minimum absolute atomic E-state index is 0.0711. The largest absolute Gasteiger partial charge is 0.452 e. The molecule has 2 aromatic rings. The van der Waals surface area contributed by atoms with Gasteiger partial charge in [-0.25, -0.2) is 9.78 Å². The predicted molar refractivity (Wildman–Crippen MR) is 84.3 cm³/mol. The summed E-state index contributed by atoms with van der Waals surface area (Å²) in [6, 6.07) is 9.53. The highest BCUT2D eigenvalue weighted by Crippen LogP contribution is 2.20. The molecule has 0 bridgehead atoms. The second-order valence-electron chi connectivity index (χ2n) is 4.31. The summed E-state index contributed by atoms with van der Waals surface area (Å²) >= 11 is 11.4. The van der Waals surface area contributed by atoms with Crippen molar-refractivity contribution in [2.45, 2.75) is 0 Å². The van der Waals surface area contributed by atoms with E-state index in [0.717, 1.165) is 0 Å². The first-order valence-corrected chi connectivity index (χ1v) is 7.03. The van der Waals surface area contributed by atoms with Gasteiger partial charge in [-0.05, 0) is 30.3 Å². The number of carbonyl (C=O) groups excluding carboxylic acids is 2. The van der Waals surface area contributed by atoms with Crippen LogP contribution in [0.5, 0.6) is 0 Å². The number of benzene rings is 1. The van der Waals surface area contributed by atoms with Crippen LogP contribution in [-0.4, -0.2) is 23.5 Å². The van der Waals surface area contributed by atoms with Crippen molar-refractivity contribution < 1.29 is 14.3 Å². The standard InChI is InChI=1S/C15H9Cl2N3O3/c16-12-5-10(7-19-14(12)17)15(22)23-8-13(21)20-11-3-1-9(6-18)2-4-11/h1-5,7H,8H2,(H,20,21). The second-order valence-corrected chi connectivity index (χ2v) is 5.08. The third-order valence-corrected chi connectivity index (χ3v) is 3.35. The van der Waals surface area contributed by atoms with Crippen molar-refractivity contribution in [3.8, 4) is 6.07 Å². The number of carbonyl (C=O) groups is 2. The molecule has 0 spiro atoms. The SMILES string of the molecule is N#Cc1ccc(NC(=O)COC(=O)c2cnc(Cl)c(Cl)c2)cc1. The topological polar surface area (TPSA) is 92.1 Å². The van der Waals surface area contributed by atoms with E-state index in [9.17, 15) is 9.59 Å². The van der Waals surface area contributed by atoms with Crippen molar-refractivity contribution in [1.82, 2.24) is 4.98 Å². The number of esters is 1. The molecule has 23 heavy (non-hydrogen) atoms. The Morgan fingerprint density at radius 3 is 2.57 bits per heavy atom. The molecule has 1 aromatic carbocycles. The van der Waals surface area contributed by atoms with Crippen molar-refractivity contribution in [2.75, 3.05) is 11.9 Å². The highest BCUT2D eigenvalue weighted by Gasteiger charge is 2.12. The number of anilines is 1. The van der Waals surface area contributed by atoms with Crippen molar-refractivity contribution in [3.63, 3.8) is 0 Å². The van der Waals surface area contributed by atoms with Crippen LogP contribution in [-0.2, 0) is 9.53 Å². The summed E-state index contributed by atoms with van der Waals surface area (Å²) in [5.41, 5.74) is 1.05. The van der Waals surface area contributed by atoms with Crippen LogP contribution >= 0.6 is 23.2 Å². The van der Waals surface area contributed by atoms with E-state index in [1.165, 1.54) is 12.3 Å². The first-order valence-electron chi connectivity index (χ1n) is 6.28. The Kier molecular flexibility index (Phi) is 5.52. The smallest absolute Gasteiger partial charge is 0.340 e. The number of nitrogens with zero attached hydrogens (tertiary/aromatic N) is 2. The molecule has 1 heterocycles. The molecule has 6 nitrogen and oxygen atoms in total. The lowest BCUT2D eigenvalue weighted by molar-refractivity contribution is -0.119. The van der Waals surface area contributed by atoms with Crippen LogP contribution in [0, 0.1) is 11.3 Å². The van der Waals surface area contributed by atoms with Crippen LogP contribution in [0.2, 0.25) is 10.2 Å². The summed E-state index contributed by atoms with van der Waals surface area (Å²) in [4.78, 5) is 27.2. The summed E-state index contributed by atoms with van der Waals surface area (Å²) < 4.78 is 4.86. The first kappa shape index (κ1) is 16.7. The molecule has 1 aromatic heterocycles. The molecule has 0 aliphatic carbocycles. The zero-order valence-corrected chi connectivity index (χ0v) is 13.1. The lowest BCUT2D eigenvalue weighted by Crippen LogP contribution is -2.21. The van der Waals surface area contributed by atoms with Crippen molar-refractivity contribution >= 4 is 40.8 Å². The highest BCUT2D eigenvalue weighted by atomic mass is 35.5. The molecule has 2 rings (SSSR count). The maximum absolute atomic E-state index is 11.8. The van der Waals surface area contributed by atoms with Gasteiger partial charge in [0, 0.05) is 11.9 Å². The normalized spacial score (nSPS) is 9.78. The van der Waals surface area contributed by atoms with E-state index in [1.54, 1.807) is 24.3 Å². The minimum atomic E-state index is -0.744. The minimum Gasteiger partial charge on any atom is -0.452 e. The molecule has 1 amide bonds. The van der Waals surface area contributed by atoms with Gasteiger partial charge in [0.15, 0.2) is 6.61 Å². The zero-order chi connectivity index (χ0) is 16.8. The Balaban J connectivity index is 1.89. The molecule has 116 valence electrons. The van der Waals surface area contributed by atoms with Crippen LogP contribution in [0.1, 0.15) is 15.9 Å². The number of halogens is 2. The number of nitriles is 1. The number of hydrogen-bond donors (Lipinski definition) is 1. The second kappa shape index (κ2) is 7.58. The van der Waals surface area contributed by atoms with E-state index in [2.05, 4.69) is 10.3 Å². The average molecular weight is 350 g/mol.